The molecule has 0 radical (unpaired) electrons. The van der Waals surface area contributed by atoms with Crippen molar-refractivity contribution >= 4 is 6.03 Å². The van der Waals surface area contributed by atoms with Gasteiger partial charge in [-0.1, -0.05) is 18.2 Å². The second kappa shape index (κ2) is 6.62. The summed E-state index contributed by atoms with van der Waals surface area (Å²) in [5.41, 5.74) is 1.06. The van der Waals surface area contributed by atoms with Crippen LogP contribution in [0.15, 0.2) is 30.4 Å². The van der Waals surface area contributed by atoms with Gasteiger partial charge in [-0.2, -0.15) is 5.10 Å². The number of fused-ring (bicyclic) bond motifs is 1. The first-order valence-corrected chi connectivity index (χ1v) is 7.91. The Labute approximate surface area is 144 Å². The van der Waals surface area contributed by atoms with Crippen LogP contribution in [0.1, 0.15) is 30.2 Å². The quantitative estimate of drug-likeness (QED) is 0.869. The second-order valence-corrected chi connectivity index (χ2v) is 6.12. The van der Waals surface area contributed by atoms with Crippen molar-refractivity contribution in [3.8, 4) is 0 Å². The average Bonchev–Trinajstić information content (AvgIpc) is 2.93. The van der Waals surface area contributed by atoms with Crippen molar-refractivity contribution in [2.24, 2.45) is 0 Å². The lowest BCUT2D eigenvalue weighted by atomic mass is 10.0. The summed E-state index contributed by atoms with van der Waals surface area (Å²) in [6, 6.07) is 2.63. The standard InChI is InChI=1S/C17H19F2N5O/c1-10(2)16(12-4-5-13(18)14(19)8-12)21-17(25)23-6-7-24-15(9-23)20-11(3)22-24/h4-5,8,16H,1,6-7,9H2,2-3H3,(H,21,25). The van der Waals surface area contributed by atoms with Crippen molar-refractivity contribution in [3.05, 3.63) is 59.2 Å². The van der Waals surface area contributed by atoms with E-state index >= 15 is 0 Å². The maximum Gasteiger partial charge on any atom is 0.318 e. The molecule has 132 valence electrons. The van der Waals surface area contributed by atoms with E-state index in [1.807, 2.05) is 0 Å². The van der Waals surface area contributed by atoms with Crippen molar-refractivity contribution < 1.29 is 13.6 Å². The number of halogens is 2. The van der Waals surface area contributed by atoms with Gasteiger partial charge in [0.25, 0.3) is 0 Å². The molecule has 0 saturated carbocycles. The molecule has 6 nitrogen and oxygen atoms in total. The van der Waals surface area contributed by atoms with Crippen LogP contribution in [0.5, 0.6) is 0 Å². The Bertz CT molecular complexity index is 832. The second-order valence-electron chi connectivity index (χ2n) is 6.12. The van der Waals surface area contributed by atoms with E-state index in [9.17, 15) is 13.6 Å². The lowest BCUT2D eigenvalue weighted by Gasteiger charge is -2.29. The molecule has 0 bridgehead atoms. The maximum atomic E-state index is 13.5. The zero-order chi connectivity index (χ0) is 18.1. The van der Waals surface area contributed by atoms with E-state index in [0.717, 1.165) is 18.0 Å². The van der Waals surface area contributed by atoms with Gasteiger partial charge in [0.1, 0.15) is 11.6 Å². The summed E-state index contributed by atoms with van der Waals surface area (Å²) in [6.07, 6.45) is 0. The van der Waals surface area contributed by atoms with Gasteiger partial charge < -0.3 is 10.2 Å². The van der Waals surface area contributed by atoms with Gasteiger partial charge in [-0.3, -0.25) is 0 Å². The number of benzene rings is 1. The molecule has 0 saturated heterocycles. The molecule has 25 heavy (non-hydrogen) atoms. The summed E-state index contributed by atoms with van der Waals surface area (Å²) < 4.78 is 28.5. The Balaban J connectivity index is 1.75. The topological polar surface area (TPSA) is 63.1 Å². The number of aromatic nitrogens is 3. The van der Waals surface area contributed by atoms with E-state index in [0.29, 0.717) is 36.6 Å². The normalized spacial score (nSPS) is 14.8. The third kappa shape index (κ3) is 3.52. The minimum absolute atomic E-state index is 0.315. The van der Waals surface area contributed by atoms with Crippen LogP contribution < -0.4 is 5.32 Å². The monoisotopic (exact) mass is 347 g/mol. The first-order chi connectivity index (χ1) is 11.8. The van der Waals surface area contributed by atoms with Gasteiger partial charge in [0.2, 0.25) is 0 Å². The number of nitrogens with zero attached hydrogens (tertiary/aromatic N) is 4. The molecule has 0 fully saturated rings. The predicted molar refractivity (Wildman–Crippen MR) is 87.6 cm³/mol. The molecule has 2 heterocycles. The summed E-state index contributed by atoms with van der Waals surface area (Å²) in [5, 5.41) is 7.08. The number of amides is 2. The van der Waals surface area contributed by atoms with Crippen LogP contribution in [0, 0.1) is 18.6 Å². The average molecular weight is 347 g/mol. The molecule has 1 aromatic carbocycles. The highest BCUT2D eigenvalue weighted by Gasteiger charge is 2.25. The van der Waals surface area contributed by atoms with Crippen molar-refractivity contribution in [1.29, 1.82) is 0 Å². The molecule has 8 heteroatoms. The Kier molecular flexibility index (Phi) is 4.52. The number of urea groups is 1. The van der Waals surface area contributed by atoms with Gasteiger partial charge in [-0.05, 0) is 31.5 Å². The number of carbonyl (C=O) groups is 1. The molecule has 1 aromatic heterocycles. The molecule has 0 spiro atoms. The number of nitrogens with one attached hydrogen (secondary N) is 1. The molecular weight excluding hydrogens is 328 g/mol. The number of hydrogen-bond donors (Lipinski definition) is 1. The zero-order valence-corrected chi connectivity index (χ0v) is 14.1. The van der Waals surface area contributed by atoms with E-state index in [2.05, 4.69) is 22.0 Å². The van der Waals surface area contributed by atoms with Gasteiger partial charge in [-0.25, -0.2) is 23.2 Å². The molecule has 2 aromatic rings. The summed E-state index contributed by atoms with van der Waals surface area (Å²) in [6.45, 7) is 8.76. The minimum atomic E-state index is -0.959. The van der Waals surface area contributed by atoms with Gasteiger partial charge >= 0.3 is 6.03 Å². The Hall–Kier alpha value is -2.77. The van der Waals surface area contributed by atoms with Crippen LogP contribution in [0.3, 0.4) is 0 Å². The van der Waals surface area contributed by atoms with E-state index in [4.69, 9.17) is 0 Å². The van der Waals surface area contributed by atoms with Gasteiger partial charge in [0, 0.05) is 6.54 Å². The van der Waals surface area contributed by atoms with E-state index in [-0.39, 0.29) is 6.03 Å². The molecule has 3 rings (SSSR count). The number of aryl methyl sites for hydroxylation is 1. The molecule has 0 aliphatic carbocycles. The predicted octanol–water partition coefficient (Wildman–Crippen LogP) is 2.71. The van der Waals surface area contributed by atoms with Crippen molar-refractivity contribution in [2.75, 3.05) is 6.54 Å². The first kappa shape index (κ1) is 17.1. The Morgan fingerprint density at radius 1 is 1.32 bits per heavy atom. The van der Waals surface area contributed by atoms with Crippen LogP contribution >= 0.6 is 0 Å². The fraction of sp³-hybridized carbons (Fsp3) is 0.353. The van der Waals surface area contributed by atoms with Crippen LogP contribution in [0.4, 0.5) is 13.6 Å². The molecule has 1 unspecified atom stereocenters. The highest BCUT2D eigenvalue weighted by Crippen LogP contribution is 2.23. The number of hydrogen-bond acceptors (Lipinski definition) is 3. The largest absolute Gasteiger partial charge is 0.327 e. The highest BCUT2D eigenvalue weighted by atomic mass is 19.2. The summed E-state index contributed by atoms with van der Waals surface area (Å²) in [5.74, 6) is -0.502. The van der Waals surface area contributed by atoms with Crippen LogP contribution in [0.2, 0.25) is 0 Å². The van der Waals surface area contributed by atoms with Crippen molar-refractivity contribution in [1.82, 2.24) is 25.0 Å². The van der Waals surface area contributed by atoms with Crippen LogP contribution in [-0.4, -0.2) is 32.2 Å². The van der Waals surface area contributed by atoms with Gasteiger partial charge in [0.05, 0.1) is 19.1 Å². The van der Waals surface area contributed by atoms with Crippen molar-refractivity contribution in [3.63, 3.8) is 0 Å². The first-order valence-electron chi connectivity index (χ1n) is 7.91. The molecule has 1 N–H and O–H groups in total. The summed E-state index contributed by atoms with van der Waals surface area (Å²) in [7, 11) is 0. The lowest BCUT2D eigenvalue weighted by Crippen LogP contribution is -2.45. The van der Waals surface area contributed by atoms with Crippen LogP contribution in [-0.2, 0) is 13.1 Å². The fourth-order valence-electron chi connectivity index (χ4n) is 2.83. The van der Waals surface area contributed by atoms with Gasteiger partial charge in [0.15, 0.2) is 11.6 Å². The SMILES string of the molecule is C=C(C)C(NC(=O)N1CCn2nc(C)nc2C1)c1ccc(F)c(F)c1. The highest BCUT2D eigenvalue weighted by molar-refractivity contribution is 5.75. The summed E-state index contributed by atoms with van der Waals surface area (Å²) >= 11 is 0. The Morgan fingerprint density at radius 2 is 2.08 bits per heavy atom. The minimum Gasteiger partial charge on any atom is -0.327 e. The van der Waals surface area contributed by atoms with Gasteiger partial charge in [-0.15, -0.1) is 0 Å². The third-order valence-corrected chi connectivity index (χ3v) is 4.09. The molecule has 2 amide bonds. The Morgan fingerprint density at radius 3 is 2.76 bits per heavy atom. The molecular formula is C17H19F2N5O. The van der Waals surface area contributed by atoms with E-state index in [1.54, 1.807) is 23.4 Å². The van der Waals surface area contributed by atoms with Crippen LogP contribution in [0.25, 0.3) is 0 Å². The molecule has 1 atom stereocenters. The lowest BCUT2D eigenvalue weighted by molar-refractivity contribution is 0.177. The van der Waals surface area contributed by atoms with E-state index < -0.39 is 17.7 Å². The molecule has 1 aliphatic heterocycles. The summed E-state index contributed by atoms with van der Waals surface area (Å²) in [4.78, 5) is 18.5. The van der Waals surface area contributed by atoms with E-state index in [1.165, 1.54) is 6.07 Å². The fourth-order valence-corrected chi connectivity index (χ4v) is 2.83. The van der Waals surface area contributed by atoms with Crippen molar-refractivity contribution in [2.45, 2.75) is 33.0 Å². The maximum absolute atomic E-state index is 13.5. The molecule has 1 aliphatic rings. The number of rotatable bonds is 3. The third-order valence-electron chi connectivity index (χ3n) is 4.09. The zero-order valence-electron chi connectivity index (χ0n) is 14.1. The smallest absolute Gasteiger partial charge is 0.318 e. The number of carbonyl (C=O) groups excluding carboxylic acids is 1.